The minimum absolute atomic E-state index is 0.0990. The van der Waals surface area contributed by atoms with E-state index in [2.05, 4.69) is 22.3 Å². The minimum Gasteiger partial charge on any atom is -0.493 e. The quantitative estimate of drug-likeness (QED) is 0.708. The Morgan fingerprint density at radius 2 is 1.69 bits per heavy atom. The van der Waals surface area contributed by atoms with Gasteiger partial charge in [0, 0.05) is 24.0 Å². The smallest absolute Gasteiger partial charge is 0.223 e. The molecule has 1 saturated heterocycles. The van der Waals surface area contributed by atoms with Crippen molar-refractivity contribution in [2.75, 3.05) is 33.9 Å². The van der Waals surface area contributed by atoms with Gasteiger partial charge in [-0.1, -0.05) is 29.8 Å². The zero-order valence-corrected chi connectivity index (χ0v) is 17.9. The minimum atomic E-state index is 0.0990. The maximum absolute atomic E-state index is 12.5. The van der Waals surface area contributed by atoms with Crippen molar-refractivity contribution >= 4 is 17.5 Å². The molecular formula is C23H29ClN2O3. The van der Waals surface area contributed by atoms with Crippen LogP contribution in [0.5, 0.6) is 11.5 Å². The summed E-state index contributed by atoms with van der Waals surface area (Å²) in [5.41, 5.74) is 2.37. The van der Waals surface area contributed by atoms with Gasteiger partial charge in [0.2, 0.25) is 5.91 Å². The Morgan fingerprint density at radius 3 is 2.34 bits per heavy atom. The molecule has 0 radical (unpaired) electrons. The molecule has 1 fully saturated rings. The fourth-order valence-electron chi connectivity index (χ4n) is 3.71. The second kappa shape index (κ2) is 10.5. The van der Waals surface area contributed by atoms with Gasteiger partial charge in [-0.25, -0.2) is 0 Å². The topological polar surface area (TPSA) is 50.8 Å². The maximum atomic E-state index is 12.5. The first-order valence-electron chi connectivity index (χ1n) is 10.0. The lowest BCUT2D eigenvalue weighted by atomic mass is 9.95. The van der Waals surface area contributed by atoms with Crippen molar-refractivity contribution in [2.24, 2.45) is 5.92 Å². The van der Waals surface area contributed by atoms with E-state index < -0.39 is 0 Å². The number of benzene rings is 2. The van der Waals surface area contributed by atoms with Crippen LogP contribution >= 0.6 is 11.6 Å². The van der Waals surface area contributed by atoms with Gasteiger partial charge in [0.05, 0.1) is 14.2 Å². The lowest BCUT2D eigenvalue weighted by Gasteiger charge is -2.31. The van der Waals surface area contributed by atoms with E-state index in [4.69, 9.17) is 21.1 Å². The van der Waals surface area contributed by atoms with E-state index in [1.165, 1.54) is 5.56 Å². The summed E-state index contributed by atoms with van der Waals surface area (Å²) in [5.74, 6) is 1.69. The third-order valence-electron chi connectivity index (χ3n) is 5.44. The number of piperidine rings is 1. The molecule has 29 heavy (non-hydrogen) atoms. The van der Waals surface area contributed by atoms with E-state index in [-0.39, 0.29) is 11.8 Å². The average molecular weight is 417 g/mol. The molecule has 0 spiro atoms. The van der Waals surface area contributed by atoms with Gasteiger partial charge in [-0.3, -0.25) is 9.69 Å². The number of methoxy groups -OCH3 is 2. The molecule has 6 heteroatoms. The van der Waals surface area contributed by atoms with Crippen molar-refractivity contribution < 1.29 is 14.3 Å². The largest absolute Gasteiger partial charge is 0.493 e. The van der Waals surface area contributed by atoms with E-state index in [9.17, 15) is 4.79 Å². The summed E-state index contributed by atoms with van der Waals surface area (Å²) < 4.78 is 10.6. The number of halogens is 1. The molecule has 0 unspecified atom stereocenters. The van der Waals surface area contributed by atoms with Gasteiger partial charge >= 0.3 is 0 Å². The predicted molar refractivity (Wildman–Crippen MR) is 116 cm³/mol. The van der Waals surface area contributed by atoms with Crippen LogP contribution in [0.2, 0.25) is 5.02 Å². The zero-order valence-electron chi connectivity index (χ0n) is 17.1. The van der Waals surface area contributed by atoms with Crippen LogP contribution in [0.1, 0.15) is 24.0 Å². The number of ether oxygens (including phenoxy) is 2. The summed E-state index contributed by atoms with van der Waals surface area (Å²) in [6.45, 7) is 3.41. The van der Waals surface area contributed by atoms with Crippen LogP contribution in [-0.2, 0) is 17.8 Å². The summed E-state index contributed by atoms with van der Waals surface area (Å²) in [6, 6.07) is 13.8. The molecule has 2 aromatic rings. The summed E-state index contributed by atoms with van der Waals surface area (Å²) in [7, 11) is 3.25. The van der Waals surface area contributed by atoms with Crippen molar-refractivity contribution in [1.29, 1.82) is 0 Å². The Bertz CT molecular complexity index is 802. The number of hydrogen-bond donors (Lipinski definition) is 1. The van der Waals surface area contributed by atoms with Crippen LogP contribution in [0.4, 0.5) is 0 Å². The molecule has 2 aromatic carbocycles. The van der Waals surface area contributed by atoms with E-state index >= 15 is 0 Å². The highest BCUT2D eigenvalue weighted by Crippen LogP contribution is 2.27. The Labute approximate surface area is 177 Å². The number of hydrogen-bond acceptors (Lipinski definition) is 4. The number of carbonyl (C=O) groups is 1. The number of rotatable bonds is 8. The van der Waals surface area contributed by atoms with Crippen LogP contribution in [0.15, 0.2) is 42.5 Å². The monoisotopic (exact) mass is 416 g/mol. The van der Waals surface area contributed by atoms with Crippen molar-refractivity contribution in [2.45, 2.75) is 25.8 Å². The van der Waals surface area contributed by atoms with Crippen LogP contribution in [0, 0.1) is 5.92 Å². The summed E-state index contributed by atoms with van der Waals surface area (Å²) in [4.78, 5) is 14.9. The van der Waals surface area contributed by atoms with E-state index in [0.29, 0.717) is 18.0 Å². The second-order valence-electron chi connectivity index (χ2n) is 7.41. The molecule has 1 amide bonds. The lowest BCUT2D eigenvalue weighted by molar-refractivity contribution is -0.126. The molecular weight excluding hydrogens is 388 g/mol. The number of carbonyl (C=O) groups excluding carboxylic acids is 1. The molecule has 0 atom stereocenters. The van der Waals surface area contributed by atoms with Gasteiger partial charge in [0.15, 0.2) is 11.5 Å². The van der Waals surface area contributed by atoms with Gasteiger partial charge in [0.1, 0.15) is 0 Å². The first-order valence-corrected chi connectivity index (χ1v) is 10.4. The van der Waals surface area contributed by atoms with Crippen molar-refractivity contribution in [3.8, 4) is 11.5 Å². The Kier molecular flexibility index (Phi) is 7.78. The molecule has 1 aliphatic rings. The van der Waals surface area contributed by atoms with Gasteiger partial charge in [-0.05, 0) is 67.7 Å². The third kappa shape index (κ3) is 6.12. The van der Waals surface area contributed by atoms with E-state index in [1.54, 1.807) is 14.2 Å². The van der Waals surface area contributed by atoms with Crippen LogP contribution in [0.25, 0.3) is 0 Å². The average Bonchev–Trinajstić information content (AvgIpc) is 2.75. The summed E-state index contributed by atoms with van der Waals surface area (Å²) in [5, 5.41) is 3.85. The van der Waals surface area contributed by atoms with Gasteiger partial charge in [-0.2, -0.15) is 0 Å². The van der Waals surface area contributed by atoms with E-state index in [0.717, 1.165) is 49.5 Å². The lowest BCUT2D eigenvalue weighted by Crippen LogP contribution is -2.40. The number of nitrogens with zero attached hydrogens (tertiary/aromatic N) is 1. The van der Waals surface area contributed by atoms with Crippen LogP contribution in [0.3, 0.4) is 0 Å². The molecule has 5 nitrogen and oxygen atoms in total. The highest BCUT2D eigenvalue weighted by molar-refractivity contribution is 6.30. The van der Waals surface area contributed by atoms with Gasteiger partial charge < -0.3 is 14.8 Å². The maximum Gasteiger partial charge on any atom is 0.223 e. The summed E-state index contributed by atoms with van der Waals surface area (Å²) in [6.07, 6.45) is 2.56. The molecule has 156 valence electrons. The first kappa shape index (κ1) is 21.5. The van der Waals surface area contributed by atoms with Crippen LogP contribution < -0.4 is 14.8 Å². The van der Waals surface area contributed by atoms with Crippen molar-refractivity contribution in [1.82, 2.24) is 10.2 Å². The third-order valence-corrected chi connectivity index (χ3v) is 5.69. The molecule has 1 heterocycles. The second-order valence-corrected chi connectivity index (χ2v) is 7.84. The molecule has 0 bridgehead atoms. The summed E-state index contributed by atoms with van der Waals surface area (Å²) >= 11 is 5.95. The van der Waals surface area contributed by atoms with Crippen molar-refractivity contribution in [3.05, 3.63) is 58.6 Å². The zero-order chi connectivity index (χ0) is 20.6. The molecule has 3 rings (SSSR count). The highest BCUT2D eigenvalue weighted by atomic mass is 35.5. The number of likely N-dealkylation sites (tertiary alicyclic amines) is 1. The Morgan fingerprint density at radius 1 is 1.03 bits per heavy atom. The fraction of sp³-hybridized carbons (Fsp3) is 0.435. The SMILES string of the molecule is COc1ccc(CCNC(=O)C2CCN(Cc3ccc(Cl)cc3)CC2)cc1OC. The predicted octanol–water partition coefficient (Wildman–Crippen LogP) is 3.93. The molecule has 0 aliphatic carbocycles. The fourth-order valence-corrected chi connectivity index (χ4v) is 3.84. The molecule has 1 N–H and O–H groups in total. The Balaban J connectivity index is 1.40. The Hall–Kier alpha value is -2.24. The molecule has 0 saturated carbocycles. The van der Waals surface area contributed by atoms with E-state index in [1.807, 2.05) is 30.3 Å². The molecule has 1 aliphatic heterocycles. The highest BCUT2D eigenvalue weighted by Gasteiger charge is 2.24. The van der Waals surface area contributed by atoms with Crippen LogP contribution in [-0.4, -0.2) is 44.7 Å². The first-order chi connectivity index (χ1) is 14.1. The number of nitrogens with one attached hydrogen (secondary N) is 1. The van der Waals surface area contributed by atoms with Gasteiger partial charge in [-0.15, -0.1) is 0 Å². The standard InChI is InChI=1S/C23H29ClN2O3/c1-28-21-8-5-17(15-22(21)29-2)9-12-25-23(27)19-10-13-26(14-11-19)16-18-3-6-20(24)7-4-18/h3-8,15,19H,9-14,16H2,1-2H3,(H,25,27). The van der Waals surface area contributed by atoms with Gasteiger partial charge in [0.25, 0.3) is 0 Å². The molecule has 0 aromatic heterocycles. The number of amides is 1. The van der Waals surface area contributed by atoms with Crippen molar-refractivity contribution in [3.63, 3.8) is 0 Å². The normalized spacial score (nSPS) is 15.1.